The van der Waals surface area contributed by atoms with Gasteiger partial charge in [0.15, 0.2) is 18.1 Å². The number of benzene rings is 2. The number of nitrogens with two attached hydrogens (primary N) is 1. The van der Waals surface area contributed by atoms with Crippen molar-refractivity contribution in [1.82, 2.24) is 5.43 Å². The van der Waals surface area contributed by atoms with Crippen LogP contribution in [0.1, 0.15) is 36.5 Å². The van der Waals surface area contributed by atoms with Gasteiger partial charge in [0, 0.05) is 6.42 Å². The van der Waals surface area contributed by atoms with Gasteiger partial charge in [0.25, 0.3) is 5.91 Å². The Bertz CT molecular complexity index is 978. The molecule has 0 aliphatic carbocycles. The molecule has 0 spiro atoms. The highest BCUT2D eigenvalue weighted by Gasteiger charge is 2.13. The predicted octanol–water partition coefficient (Wildman–Crippen LogP) is 3.50. The highest BCUT2D eigenvalue weighted by atomic mass is 79.9. The molecule has 0 aliphatic rings. The van der Waals surface area contributed by atoms with E-state index in [-0.39, 0.29) is 12.5 Å². The minimum atomic E-state index is -0.588. The molecule has 2 amide bonds. The number of halogens is 1. The summed E-state index contributed by atoms with van der Waals surface area (Å²) < 4.78 is 16.8. The number of ether oxygens (including phenoxy) is 3. The molecule has 0 bridgehead atoms. The van der Waals surface area contributed by atoms with Gasteiger partial charge in [0.05, 0.1) is 24.4 Å². The topological polar surface area (TPSA) is 112 Å². The summed E-state index contributed by atoms with van der Waals surface area (Å²) in [6.45, 7) is 4.00. The lowest BCUT2D eigenvalue weighted by Crippen LogP contribution is -2.20. The van der Waals surface area contributed by atoms with Crippen LogP contribution < -0.4 is 25.4 Å². The number of hydrazone groups is 1. The zero-order valence-electron chi connectivity index (χ0n) is 18.4. The summed E-state index contributed by atoms with van der Waals surface area (Å²) in [5.41, 5.74) is 10.7. The molecule has 172 valence electrons. The van der Waals surface area contributed by atoms with Crippen LogP contribution in [-0.2, 0) is 16.0 Å². The number of carbonyl (C=O) groups is 2. The highest BCUT2D eigenvalue weighted by molar-refractivity contribution is 9.10. The molecular weight excluding hydrogens is 478 g/mol. The third-order valence-corrected chi connectivity index (χ3v) is 5.08. The number of hydrogen-bond acceptors (Lipinski definition) is 6. The van der Waals surface area contributed by atoms with Gasteiger partial charge in [-0.15, -0.1) is 0 Å². The maximum atomic E-state index is 12.1. The zero-order valence-corrected chi connectivity index (χ0v) is 20.0. The second-order valence-electron chi connectivity index (χ2n) is 6.96. The van der Waals surface area contributed by atoms with E-state index in [1.165, 1.54) is 11.8 Å². The summed E-state index contributed by atoms with van der Waals surface area (Å²) >= 11 is 3.40. The summed E-state index contributed by atoms with van der Waals surface area (Å²) in [5, 5.41) is 4.02. The van der Waals surface area contributed by atoms with Crippen LogP contribution in [-0.4, -0.2) is 38.4 Å². The SMILES string of the molecule is CCOc1cc(/C=N\NC(=O)CCCc2ccc(OC)cc2C)cc(Br)c1OCC(N)=O. The summed E-state index contributed by atoms with van der Waals surface area (Å²) in [7, 11) is 1.64. The maximum absolute atomic E-state index is 12.1. The van der Waals surface area contributed by atoms with Gasteiger partial charge in [-0.3, -0.25) is 9.59 Å². The van der Waals surface area contributed by atoms with Crippen LogP contribution in [0.4, 0.5) is 0 Å². The Labute approximate surface area is 196 Å². The molecule has 2 aromatic rings. The van der Waals surface area contributed by atoms with Crippen LogP contribution in [0.2, 0.25) is 0 Å². The Balaban J connectivity index is 1.91. The number of primary amides is 1. The molecule has 3 N–H and O–H groups in total. The minimum absolute atomic E-state index is 0.169. The number of nitrogens with zero attached hydrogens (tertiary/aromatic N) is 1. The van der Waals surface area contributed by atoms with Gasteiger partial charge in [-0.2, -0.15) is 5.10 Å². The first kappa shape index (κ1) is 25.2. The summed E-state index contributed by atoms with van der Waals surface area (Å²) in [6, 6.07) is 9.37. The lowest BCUT2D eigenvalue weighted by Gasteiger charge is -2.13. The molecule has 0 saturated heterocycles. The lowest BCUT2D eigenvalue weighted by atomic mass is 10.0. The van der Waals surface area contributed by atoms with E-state index < -0.39 is 5.91 Å². The largest absolute Gasteiger partial charge is 0.497 e. The van der Waals surface area contributed by atoms with Gasteiger partial charge in [-0.25, -0.2) is 5.43 Å². The van der Waals surface area contributed by atoms with E-state index in [2.05, 4.69) is 26.5 Å². The molecule has 2 rings (SSSR count). The van der Waals surface area contributed by atoms with Gasteiger partial charge in [-0.05, 0) is 83.6 Å². The van der Waals surface area contributed by atoms with Crippen LogP contribution in [0.3, 0.4) is 0 Å². The van der Waals surface area contributed by atoms with Gasteiger partial charge in [-0.1, -0.05) is 6.07 Å². The van der Waals surface area contributed by atoms with E-state index in [1.807, 2.05) is 32.0 Å². The predicted molar refractivity (Wildman–Crippen MR) is 126 cm³/mol. The molecule has 0 atom stereocenters. The van der Waals surface area contributed by atoms with E-state index in [4.69, 9.17) is 19.9 Å². The molecule has 8 nitrogen and oxygen atoms in total. The van der Waals surface area contributed by atoms with Crippen molar-refractivity contribution >= 4 is 34.0 Å². The Hall–Kier alpha value is -3.07. The van der Waals surface area contributed by atoms with Crippen LogP contribution >= 0.6 is 15.9 Å². The molecule has 0 unspecified atom stereocenters. The number of hydrogen-bond donors (Lipinski definition) is 2. The quantitative estimate of drug-likeness (QED) is 0.338. The molecule has 2 aromatic carbocycles. The van der Waals surface area contributed by atoms with Crippen molar-refractivity contribution < 1.29 is 23.8 Å². The Kier molecular flexibility index (Phi) is 10.0. The van der Waals surface area contributed by atoms with Crippen molar-refractivity contribution in [3.63, 3.8) is 0 Å². The number of rotatable bonds is 12. The average Bonchev–Trinajstić information content (AvgIpc) is 2.74. The summed E-state index contributed by atoms with van der Waals surface area (Å²) in [6.07, 6.45) is 3.37. The molecule has 0 radical (unpaired) electrons. The Morgan fingerprint density at radius 1 is 1.22 bits per heavy atom. The molecule has 0 saturated carbocycles. The first-order chi connectivity index (χ1) is 15.3. The smallest absolute Gasteiger partial charge is 0.255 e. The van der Waals surface area contributed by atoms with Gasteiger partial charge >= 0.3 is 0 Å². The number of methoxy groups -OCH3 is 1. The van der Waals surface area contributed by atoms with Crippen LogP contribution in [0, 0.1) is 6.92 Å². The van der Waals surface area contributed by atoms with Crippen LogP contribution in [0.15, 0.2) is 39.9 Å². The summed E-state index contributed by atoms with van der Waals surface area (Å²) in [4.78, 5) is 23.1. The third kappa shape index (κ3) is 7.88. The van der Waals surface area contributed by atoms with Crippen molar-refractivity contribution in [2.75, 3.05) is 20.3 Å². The molecule has 0 heterocycles. The number of aryl methyl sites for hydroxylation is 2. The van der Waals surface area contributed by atoms with Crippen molar-refractivity contribution in [2.24, 2.45) is 10.8 Å². The number of carbonyl (C=O) groups excluding carboxylic acids is 2. The molecule has 9 heteroatoms. The fraction of sp³-hybridized carbons (Fsp3) is 0.348. The van der Waals surface area contributed by atoms with E-state index in [0.29, 0.717) is 41.0 Å². The molecular formula is C23H28BrN3O5. The standard InChI is InChI=1S/C23H28BrN3O5/c1-4-31-20-12-16(11-19(24)23(20)32-14-21(25)28)13-26-27-22(29)7-5-6-17-8-9-18(30-3)10-15(17)2/h8-13H,4-7,14H2,1-3H3,(H2,25,28)(H,27,29)/b26-13-. The van der Waals surface area contributed by atoms with Crippen LogP contribution in [0.5, 0.6) is 17.2 Å². The fourth-order valence-electron chi connectivity index (χ4n) is 2.96. The monoisotopic (exact) mass is 505 g/mol. The van der Waals surface area contributed by atoms with E-state index in [1.54, 1.807) is 19.2 Å². The Morgan fingerprint density at radius 2 is 2.00 bits per heavy atom. The highest BCUT2D eigenvalue weighted by Crippen LogP contribution is 2.36. The van der Waals surface area contributed by atoms with Crippen molar-refractivity contribution in [3.8, 4) is 17.2 Å². The maximum Gasteiger partial charge on any atom is 0.255 e. The van der Waals surface area contributed by atoms with Gasteiger partial charge < -0.3 is 19.9 Å². The first-order valence-corrected chi connectivity index (χ1v) is 11.0. The van der Waals surface area contributed by atoms with Gasteiger partial charge in [0.1, 0.15) is 5.75 Å². The average molecular weight is 506 g/mol. The van der Waals surface area contributed by atoms with Crippen molar-refractivity contribution in [3.05, 3.63) is 51.5 Å². The first-order valence-electron chi connectivity index (χ1n) is 10.2. The lowest BCUT2D eigenvalue weighted by molar-refractivity contribution is -0.121. The molecule has 0 aromatic heterocycles. The minimum Gasteiger partial charge on any atom is -0.497 e. The van der Waals surface area contributed by atoms with Crippen LogP contribution in [0.25, 0.3) is 0 Å². The number of nitrogens with one attached hydrogen (secondary N) is 1. The summed E-state index contributed by atoms with van der Waals surface area (Å²) in [5.74, 6) is 0.879. The third-order valence-electron chi connectivity index (χ3n) is 4.49. The van der Waals surface area contributed by atoms with Crippen molar-refractivity contribution in [1.29, 1.82) is 0 Å². The molecule has 0 aliphatic heterocycles. The fourth-order valence-corrected chi connectivity index (χ4v) is 3.53. The van der Waals surface area contributed by atoms with Crippen molar-refractivity contribution in [2.45, 2.75) is 33.1 Å². The molecule has 32 heavy (non-hydrogen) atoms. The van der Waals surface area contributed by atoms with E-state index >= 15 is 0 Å². The second-order valence-corrected chi connectivity index (χ2v) is 7.81. The van der Waals surface area contributed by atoms with Gasteiger partial charge in [0.2, 0.25) is 5.91 Å². The zero-order chi connectivity index (χ0) is 23.5. The normalized spacial score (nSPS) is 10.8. The molecule has 0 fully saturated rings. The van der Waals surface area contributed by atoms with E-state index in [0.717, 1.165) is 17.7 Å². The van der Waals surface area contributed by atoms with E-state index in [9.17, 15) is 9.59 Å². The second kappa shape index (κ2) is 12.7. The number of amides is 2. The Morgan fingerprint density at radius 3 is 2.66 bits per heavy atom.